The Labute approximate surface area is 111 Å². The highest BCUT2D eigenvalue weighted by molar-refractivity contribution is 5.39. The molecule has 0 atom stereocenters. The Bertz CT molecular complexity index is 343. The van der Waals surface area contributed by atoms with Gasteiger partial charge in [-0.3, -0.25) is 0 Å². The van der Waals surface area contributed by atoms with Gasteiger partial charge in [0, 0.05) is 19.6 Å². The number of aromatic nitrogens is 1. The summed E-state index contributed by atoms with van der Waals surface area (Å²) in [5, 5.41) is 3.34. The van der Waals surface area contributed by atoms with Crippen LogP contribution in [0.1, 0.15) is 44.7 Å². The molecule has 0 amide bonds. The van der Waals surface area contributed by atoms with Crippen molar-refractivity contribution in [2.45, 2.75) is 45.6 Å². The highest BCUT2D eigenvalue weighted by Gasteiger charge is 2.10. The van der Waals surface area contributed by atoms with E-state index in [0.717, 1.165) is 37.7 Å². The minimum atomic E-state index is 0.873. The minimum absolute atomic E-state index is 0.873. The van der Waals surface area contributed by atoms with E-state index in [2.05, 4.69) is 35.3 Å². The largest absolute Gasteiger partial charge is 0.357 e. The summed E-state index contributed by atoms with van der Waals surface area (Å²) >= 11 is 0. The third-order valence-electron chi connectivity index (χ3n) is 3.53. The molecule has 0 spiro atoms. The number of rotatable bonds is 4. The summed E-state index contributed by atoms with van der Waals surface area (Å²) < 4.78 is 0. The summed E-state index contributed by atoms with van der Waals surface area (Å²) in [7, 11) is 0. The predicted octanol–water partition coefficient (Wildman–Crippen LogP) is 2.96. The van der Waals surface area contributed by atoms with Crippen LogP contribution in [0.2, 0.25) is 0 Å². The molecule has 2 rings (SSSR count). The smallest absolute Gasteiger partial charge is 0.128 e. The molecule has 1 N–H and O–H groups in total. The van der Waals surface area contributed by atoms with Crippen LogP contribution in [0, 0.1) is 0 Å². The molecular weight excluding hydrogens is 222 g/mol. The van der Waals surface area contributed by atoms with Crippen molar-refractivity contribution in [2.24, 2.45) is 0 Å². The second-order valence-electron chi connectivity index (χ2n) is 5.02. The normalized spacial score (nSPS) is 17.3. The van der Waals surface area contributed by atoms with E-state index >= 15 is 0 Å². The van der Waals surface area contributed by atoms with Gasteiger partial charge in [-0.15, -0.1) is 0 Å². The molecular formula is C15H25N3. The molecule has 1 aliphatic rings. The van der Waals surface area contributed by atoms with Crippen LogP contribution >= 0.6 is 0 Å². The van der Waals surface area contributed by atoms with Gasteiger partial charge in [0.2, 0.25) is 0 Å². The summed E-state index contributed by atoms with van der Waals surface area (Å²) in [6, 6.07) is 6.39. The third kappa shape index (κ3) is 3.98. The highest BCUT2D eigenvalue weighted by Crippen LogP contribution is 2.17. The van der Waals surface area contributed by atoms with Crippen molar-refractivity contribution in [1.82, 2.24) is 10.3 Å². The average molecular weight is 247 g/mol. The van der Waals surface area contributed by atoms with Gasteiger partial charge in [0.1, 0.15) is 5.82 Å². The number of hydrogen-bond donors (Lipinski definition) is 1. The van der Waals surface area contributed by atoms with Gasteiger partial charge >= 0.3 is 0 Å². The maximum atomic E-state index is 4.77. The maximum absolute atomic E-state index is 4.77. The Kier molecular flexibility index (Phi) is 5.46. The monoisotopic (exact) mass is 247 g/mol. The van der Waals surface area contributed by atoms with E-state index in [-0.39, 0.29) is 0 Å². The molecule has 0 radical (unpaired) electrons. The van der Waals surface area contributed by atoms with Gasteiger partial charge in [-0.1, -0.05) is 32.3 Å². The molecule has 0 unspecified atom stereocenters. The van der Waals surface area contributed by atoms with Crippen molar-refractivity contribution in [3.05, 3.63) is 23.9 Å². The van der Waals surface area contributed by atoms with Crippen LogP contribution in [0.25, 0.3) is 0 Å². The van der Waals surface area contributed by atoms with Gasteiger partial charge in [-0.05, 0) is 31.5 Å². The molecule has 3 nitrogen and oxygen atoms in total. The average Bonchev–Trinajstić information content (AvgIpc) is 2.36. The summed E-state index contributed by atoms with van der Waals surface area (Å²) in [5.74, 6) is 1.16. The van der Waals surface area contributed by atoms with E-state index in [0.29, 0.717) is 0 Å². The van der Waals surface area contributed by atoms with Crippen LogP contribution in [0.3, 0.4) is 0 Å². The Morgan fingerprint density at radius 1 is 1.11 bits per heavy atom. The van der Waals surface area contributed by atoms with Crippen LogP contribution < -0.4 is 10.2 Å². The van der Waals surface area contributed by atoms with Gasteiger partial charge in [0.15, 0.2) is 0 Å². The van der Waals surface area contributed by atoms with Gasteiger partial charge in [-0.25, -0.2) is 4.98 Å². The Morgan fingerprint density at radius 3 is 2.56 bits per heavy atom. The lowest BCUT2D eigenvalue weighted by atomic mass is 10.1. The topological polar surface area (TPSA) is 28.2 Å². The lowest BCUT2D eigenvalue weighted by Crippen LogP contribution is -2.28. The number of nitrogens with zero attached hydrogens (tertiary/aromatic N) is 2. The van der Waals surface area contributed by atoms with E-state index in [4.69, 9.17) is 4.98 Å². The van der Waals surface area contributed by atoms with Crippen molar-refractivity contribution in [2.75, 3.05) is 24.5 Å². The second kappa shape index (κ2) is 7.37. The SMILES string of the molecule is CCNCc1cccc(N2CCCCCCC2)n1. The van der Waals surface area contributed by atoms with Crippen LogP contribution in [0.15, 0.2) is 18.2 Å². The number of pyridine rings is 1. The number of hydrogen-bond acceptors (Lipinski definition) is 3. The van der Waals surface area contributed by atoms with E-state index < -0.39 is 0 Å². The molecule has 1 aromatic rings. The van der Waals surface area contributed by atoms with Crippen molar-refractivity contribution < 1.29 is 0 Å². The summed E-state index contributed by atoms with van der Waals surface area (Å²) in [6.45, 7) is 6.32. The van der Waals surface area contributed by atoms with Crippen molar-refractivity contribution in [3.63, 3.8) is 0 Å². The summed E-state index contributed by atoms with van der Waals surface area (Å²) in [4.78, 5) is 7.22. The van der Waals surface area contributed by atoms with Crippen molar-refractivity contribution in [3.8, 4) is 0 Å². The van der Waals surface area contributed by atoms with Gasteiger partial charge in [0.25, 0.3) is 0 Å². The van der Waals surface area contributed by atoms with Crippen LogP contribution in [0.4, 0.5) is 5.82 Å². The molecule has 0 aromatic carbocycles. The molecule has 100 valence electrons. The molecule has 18 heavy (non-hydrogen) atoms. The van der Waals surface area contributed by atoms with E-state index in [1.165, 1.54) is 32.1 Å². The first kappa shape index (κ1) is 13.3. The Balaban J connectivity index is 2.01. The van der Waals surface area contributed by atoms with Crippen LogP contribution in [-0.2, 0) is 6.54 Å². The Morgan fingerprint density at radius 2 is 1.83 bits per heavy atom. The zero-order valence-electron chi connectivity index (χ0n) is 11.5. The van der Waals surface area contributed by atoms with Gasteiger partial charge in [-0.2, -0.15) is 0 Å². The molecule has 2 heterocycles. The van der Waals surface area contributed by atoms with Gasteiger partial charge in [0.05, 0.1) is 5.69 Å². The maximum Gasteiger partial charge on any atom is 0.128 e. The fourth-order valence-electron chi connectivity index (χ4n) is 2.47. The first-order valence-corrected chi connectivity index (χ1v) is 7.32. The first-order chi connectivity index (χ1) is 8.90. The predicted molar refractivity (Wildman–Crippen MR) is 76.9 cm³/mol. The lowest BCUT2D eigenvalue weighted by Gasteiger charge is -2.26. The van der Waals surface area contributed by atoms with Gasteiger partial charge < -0.3 is 10.2 Å². The highest BCUT2D eigenvalue weighted by atomic mass is 15.2. The minimum Gasteiger partial charge on any atom is -0.357 e. The van der Waals surface area contributed by atoms with E-state index in [1.54, 1.807) is 0 Å². The molecule has 1 fully saturated rings. The van der Waals surface area contributed by atoms with Crippen molar-refractivity contribution in [1.29, 1.82) is 0 Å². The summed E-state index contributed by atoms with van der Waals surface area (Å²) in [5.41, 5.74) is 1.15. The molecule has 1 aliphatic heterocycles. The molecule has 0 saturated carbocycles. The Hall–Kier alpha value is -1.09. The van der Waals surface area contributed by atoms with Crippen molar-refractivity contribution >= 4 is 5.82 Å². The third-order valence-corrected chi connectivity index (χ3v) is 3.53. The first-order valence-electron chi connectivity index (χ1n) is 7.32. The zero-order valence-corrected chi connectivity index (χ0v) is 11.5. The molecule has 1 aromatic heterocycles. The quantitative estimate of drug-likeness (QED) is 0.886. The molecule has 0 aliphatic carbocycles. The molecule has 0 bridgehead atoms. The fourth-order valence-corrected chi connectivity index (χ4v) is 2.47. The fraction of sp³-hybridized carbons (Fsp3) is 0.667. The molecule has 3 heteroatoms. The molecule has 1 saturated heterocycles. The standard InChI is InChI=1S/C15H25N3/c1-2-16-13-14-9-8-10-15(17-14)18-11-6-4-3-5-7-12-18/h8-10,16H,2-7,11-13H2,1H3. The van der Waals surface area contributed by atoms with Crippen LogP contribution in [-0.4, -0.2) is 24.6 Å². The second-order valence-corrected chi connectivity index (χ2v) is 5.02. The number of nitrogens with one attached hydrogen (secondary N) is 1. The lowest BCUT2D eigenvalue weighted by molar-refractivity contribution is 0.553. The summed E-state index contributed by atoms with van der Waals surface area (Å²) in [6.07, 6.45) is 6.75. The van der Waals surface area contributed by atoms with Crippen LogP contribution in [0.5, 0.6) is 0 Å². The van der Waals surface area contributed by atoms with E-state index in [9.17, 15) is 0 Å². The zero-order chi connectivity index (χ0) is 12.6. The number of anilines is 1. The van der Waals surface area contributed by atoms with E-state index in [1.807, 2.05) is 0 Å².